The number of hydrogen-bond donors (Lipinski definition) is 1. The summed E-state index contributed by atoms with van der Waals surface area (Å²) >= 11 is 0. The van der Waals surface area contributed by atoms with E-state index < -0.39 is 10.0 Å². The molecule has 0 aliphatic rings. The van der Waals surface area contributed by atoms with Crippen molar-refractivity contribution in [3.8, 4) is 0 Å². The van der Waals surface area contributed by atoms with Crippen molar-refractivity contribution in [3.63, 3.8) is 0 Å². The van der Waals surface area contributed by atoms with Crippen LogP contribution in [0.1, 0.15) is 39.1 Å². The van der Waals surface area contributed by atoms with Gasteiger partial charge in [0.1, 0.15) is 5.82 Å². The molecule has 0 aliphatic heterocycles. The predicted octanol–water partition coefficient (Wildman–Crippen LogP) is 1.45. The largest absolute Gasteiger partial charge is 0.337 e. The van der Waals surface area contributed by atoms with Gasteiger partial charge in [0.25, 0.3) is 0 Å². The van der Waals surface area contributed by atoms with Crippen LogP contribution in [0.3, 0.4) is 0 Å². The molecular weight excluding hydrogens is 238 g/mol. The van der Waals surface area contributed by atoms with Crippen LogP contribution in [0.4, 0.5) is 0 Å². The summed E-state index contributed by atoms with van der Waals surface area (Å²) in [6, 6.07) is -0.272. The molecule has 0 radical (unpaired) electrons. The van der Waals surface area contributed by atoms with Crippen LogP contribution in [0.25, 0.3) is 0 Å². The maximum absolute atomic E-state index is 11.8. The lowest BCUT2D eigenvalue weighted by atomic mass is 10.1. The molecule has 0 spiro atoms. The van der Waals surface area contributed by atoms with Gasteiger partial charge >= 0.3 is 0 Å². The van der Waals surface area contributed by atoms with Crippen LogP contribution in [0.5, 0.6) is 0 Å². The Hall–Kier alpha value is -0.880. The quantitative estimate of drug-likeness (QED) is 0.841. The van der Waals surface area contributed by atoms with E-state index in [0.717, 1.165) is 5.82 Å². The minimum atomic E-state index is -3.22. The van der Waals surface area contributed by atoms with Gasteiger partial charge in [0.05, 0.1) is 11.8 Å². The van der Waals surface area contributed by atoms with E-state index in [4.69, 9.17) is 0 Å². The SMILES string of the molecule is CCCS(=O)(=O)N[C@H](c1nccn1C)C(C)C. The summed E-state index contributed by atoms with van der Waals surface area (Å²) in [5.74, 6) is 1.06. The first-order valence-corrected chi connectivity index (χ1v) is 7.50. The van der Waals surface area contributed by atoms with Crippen LogP contribution in [-0.2, 0) is 17.1 Å². The first-order valence-electron chi connectivity index (χ1n) is 5.84. The normalized spacial score (nSPS) is 14.2. The number of aromatic nitrogens is 2. The lowest BCUT2D eigenvalue weighted by Gasteiger charge is -2.21. The fraction of sp³-hybridized carbons (Fsp3) is 0.727. The van der Waals surface area contributed by atoms with E-state index in [1.165, 1.54) is 0 Å². The highest BCUT2D eigenvalue weighted by Crippen LogP contribution is 2.20. The van der Waals surface area contributed by atoms with Gasteiger partial charge in [0.15, 0.2) is 0 Å². The summed E-state index contributed by atoms with van der Waals surface area (Å²) in [5.41, 5.74) is 0. The topological polar surface area (TPSA) is 64.0 Å². The average molecular weight is 259 g/mol. The fourth-order valence-corrected chi connectivity index (χ4v) is 3.10. The van der Waals surface area contributed by atoms with Crippen molar-refractivity contribution in [2.45, 2.75) is 33.2 Å². The Labute approximate surface area is 103 Å². The molecule has 0 saturated heterocycles. The second-order valence-corrected chi connectivity index (χ2v) is 6.43. The number of sulfonamides is 1. The maximum Gasteiger partial charge on any atom is 0.212 e. The zero-order chi connectivity index (χ0) is 13.1. The van der Waals surface area contributed by atoms with Gasteiger partial charge in [-0.3, -0.25) is 0 Å². The molecule has 17 heavy (non-hydrogen) atoms. The van der Waals surface area contributed by atoms with E-state index in [0.29, 0.717) is 6.42 Å². The third-order valence-corrected chi connectivity index (χ3v) is 4.14. The molecule has 0 saturated carbocycles. The highest BCUT2D eigenvalue weighted by atomic mass is 32.2. The number of nitrogens with zero attached hydrogens (tertiary/aromatic N) is 2. The van der Waals surface area contributed by atoms with Gasteiger partial charge in [0, 0.05) is 19.4 Å². The monoisotopic (exact) mass is 259 g/mol. The summed E-state index contributed by atoms with van der Waals surface area (Å²) < 4.78 is 28.2. The highest BCUT2D eigenvalue weighted by molar-refractivity contribution is 7.89. The molecule has 1 aromatic heterocycles. The molecule has 0 aliphatic carbocycles. The van der Waals surface area contributed by atoms with Gasteiger partial charge < -0.3 is 4.57 Å². The summed E-state index contributed by atoms with van der Waals surface area (Å²) in [6.07, 6.45) is 4.11. The van der Waals surface area contributed by atoms with E-state index in [-0.39, 0.29) is 17.7 Å². The Balaban J connectivity index is 2.93. The molecular formula is C11H21N3O2S. The standard InChI is InChI=1S/C11H21N3O2S/c1-5-8-17(15,16)13-10(9(2)3)11-12-6-7-14(11)4/h6-7,9-10,13H,5,8H2,1-4H3/t10-/m0/s1. The molecule has 1 rings (SSSR count). The van der Waals surface area contributed by atoms with Gasteiger partial charge in [-0.25, -0.2) is 18.1 Å². The Morgan fingerprint density at radius 1 is 1.47 bits per heavy atom. The highest BCUT2D eigenvalue weighted by Gasteiger charge is 2.24. The molecule has 0 bridgehead atoms. The Morgan fingerprint density at radius 3 is 2.53 bits per heavy atom. The van der Waals surface area contributed by atoms with Crippen LogP contribution >= 0.6 is 0 Å². The van der Waals surface area contributed by atoms with Crippen molar-refractivity contribution in [1.29, 1.82) is 0 Å². The molecule has 0 fully saturated rings. The third-order valence-electron chi connectivity index (χ3n) is 2.58. The zero-order valence-corrected chi connectivity index (χ0v) is 11.7. The molecule has 1 N–H and O–H groups in total. The van der Waals surface area contributed by atoms with Crippen molar-refractivity contribution in [1.82, 2.24) is 14.3 Å². The number of hydrogen-bond acceptors (Lipinski definition) is 3. The van der Waals surface area contributed by atoms with Crippen molar-refractivity contribution >= 4 is 10.0 Å². The lowest BCUT2D eigenvalue weighted by Crippen LogP contribution is -2.34. The maximum atomic E-state index is 11.8. The van der Waals surface area contributed by atoms with Crippen molar-refractivity contribution in [3.05, 3.63) is 18.2 Å². The number of imidazole rings is 1. The minimum absolute atomic E-state index is 0.153. The summed E-state index contributed by atoms with van der Waals surface area (Å²) in [4.78, 5) is 4.22. The molecule has 6 heteroatoms. The number of nitrogens with one attached hydrogen (secondary N) is 1. The van der Waals surface area contributed by atoms with Crippen LogP contribution in [-0.4, -0.2) is 23.7 Å². The van der Waals surface area contributed by atoms with Crippen molar-refractivity contribution < 1.29 is 8.42 Å². The number of rotatable bonds is 6. The third kappa shape index (κ3) is 3.81. The second-order valence-electron chi connectivity index (χ2n) is 4.55. The van der Waals surface area contributed by atoms with Gasteiger partial charge in [0.2, 0.25) is 10.0 Å². The van der Waals surface area contributed by atoms with E-state index in [9.17, 15) is 8.42 Å². The Bertz CT molecular complexity index is 451. The van der Waals surface area contributed by atoms with Crippen molar-refractivity contribution in [2.75, 3.05) is 5.75 Å². The van der Waals surface area contributed by atoms with Crippen LogP contribution in [0, 0.1) is 5.92 Å². The van der Waals surface area contributed by atoms with E-state index in [2.05, 4.69) is 9.71 Å². The Morgan fingerprint density at radius 2 is 2.12 bits per heavy atom. The first kappa shape index (κ1) is 14.2. The van der Waals surface area contributed by atoms with E-state index in [1.807, 2.05) is 38.6 Å². The minimum Gasteiger partial charge on any atom is -0.337 e. The molecule has 1 atom stereocenters. The van der Waals surface area contributed by atoms with E-state index in [1.54, 1.807) is 6.20 Å². The number of aryl methyl sites for hydroxylation is 1. The van der Waals surface area contributed by atoms with Gasteiger partial charge in [-0.15, -0.1) is 0 Å². The summed E-state index contributed by atoms with van der Waals surface area (Å²) in [5, 5.41) is 0. The van der Waals surface area contributed by atoms with Crippen molar-refractivity contribution in [2.24, 2.45) is 13.0 Å². The summed E-state index contributed by atoms with van der Waals surface area (Å²) in [6.45, 7) is 5.81. The van der Waals surface area contributed by atoms with E-state index >= 15 is 0 Å². The molecule has 0 aromatic carbocycles. The molecule has 1 heterocycles. The zero-order valence-electron chi connectivity index (χ0n) is 10.8. The van der Waals surface area contributed by atoms with Gasteiger partial charge in [-0.1, -0.05) is 20.8 Å². The van der Waals surface area contributed by atoms with Crippen LogP contribution < -0.4 is 4.72 Å². The molecule has 1 aromatic rings. The Kier molecular flexibility index (Phi) is 4.70. The average Bonchev–Trinajstić information content (AvgIpc) is 2.60. The molecule has 5 nitrogen and oxygen atoms in total. The van der Waals surface area contributed by atoms with Gasteiger partial charge in [-0.2, -0.15) is 0 Å². The van der Waals surface area contributed by atoms with Gasteiger partial charge in [-0.05, 0) is 12.3 Å². The predicted molar refractivity (Wildman–Crippen MR) is 68.0 cm³/mol. The fourth-order valence-electron chi connectivity index (χ4n) is 1.68. The molecule has 0 amide bonds. The lowest BCUT2D eigenvalue weighted by molar-refractivity contribution is 0.434. The van der Waals surface area contributed by atoms with Crippen LogP contribution in [0.15, 0.2) is 12.4 Å². The first-order chi connectivity index (χ1) is 7.87. The second kappa shape index (κ2) is 5.64. The molecule has 98 valence electrons. The summed E-state index contributed by atoms with van der Waals surface area (Å²) in [7, 11) is -1.36. The smallest absolute Gasteiger partial charge is 0.212 e. The molecule has 0 unspecified atom stereocenters. The van der Waals surface area contributed by atoms with Crippen LogP contribution in [0.2, 0.25) is 0 Å².